The first-order valence-corrected chi connectivity index (χ1v) is 12.6. The summed E-state index contributed by atoms with van der Waals surface area (Å²) in [6.45, 7) is 0.948. The van der Waals surface area contributed by atoms with E-state index in [1.807, 2.05) is 48.5 Å². The van der Waals surface area contributed by atoms with Gasteiger partial charge in [-0.05, 0) is 40.5 Å². The second kappa shape index (κ2) is 16.0. The van der Waals surface area contributed by atoms with Gasteiger partial charge >= 0.3 is 18.2 Å². The SMILES string of the molecule is NCc1cccc(CNC(=O)OCC#Cc2ccc(C#CCOC(=O)NCc3cccc(CN)c3)c(C(=O)O)c2)c1. The van der Waals surface area contributed by atoms with E-state index in [9.17, 15) is 19.5 Å². The number of carboxylic acids is 1. The molecule has 7 N–H and O–H groups in total. The normalized spacial score (nSPS) is 9.80. The van der Waals surface area contributed by atoms with Crippen LogP contribution in [0.2, 0.25) is 0 Å². The highest BCUT2D eigenvalue weighted by Crippen LogP contribution is 2.11. The van der Waals surface area contributed by atoms with Gasteiger partial charge in [0.1, 0.15) is 0 Å². The van der Waals surface area contributed by atoms with E-state index in [0.29, 0.717) is 18.7 Å². The van der Waals surface area contributed by atoms with Crippen molar-refractivity contribution in [2.45, 2.75) is 26.2 Å². The van der Waals surface area contributed by atoms with Crippen LogP contribution in [0, 0.1) is 23.7 Å². The molecule has 3 rings (SSSR count). The van der Waals surface area contributed by atoms with Crippen LogP contribution in [0.1, 0.15) is 43.7 Å². The number of ether oxygens (including phenoxy) is 2. The lowest BCUT2D eigenvalue weighted by atomic mass is 10.0. The predicted molar refractivity (Wildman–Crippen MR) is 152 cm³/mol. The van der Waals surface area contributed by atoms with Crippen molar-refractivity contribution < 1.29 is 29.0 Å². The number of alkyl carbamates (subject to hydrolysis) is 2. The van der Waals surface area contributed by atoms with Crippen LogP contribution < -0.4 is 22.1 Å². The highest BCUT2D eigenvalue weighted by molar-refractivity contribution is 5.91. The van der Waals surface area contributed by atoms with Crippen molar-refractivity contribution in [2.24, 2.45) is 11.5 Å². The fourth-order valence-corrected chi connectivity index (χ4v) is 3.56. The first kappa shape index (κ1) is 30.3. The van der Waals surface area contributed by atoms with Crippen LogP contribution in [0.5, 0.6) is 0 Å². The Bertz CT molecular complexity index is 1510. The number of amides is 2. The Morgan fingerprint density at radius 1 is 0.707 bits per heavy atom. The molecule has 0 aliphatic heterocycles. The first-order chi connectivity index (χ1) is 19.9. The van der Waals surface area contributed by atoms with Crippen molar-refractivity contribution in [1.29, 1.82) is 0 Å². The summed E-state index contributed by atoms with van der Waals surface area (Å²) in [5.74, 6) is 9.59. The zero-order chi connectivity index (χ0) is 29.5. The standard InChI is InChI=1S/C31H30N4O6/c32-18-23-5-1-7-25(15-23)20-34-30(38)40-13-3-9-22-11-12-27(28(17-22)29(36)37)10-4-14-41-31(39)35-21-26-8-2-6-24(16-26)19-33/h1-2,5-8,11-12,15-17H,13-14,18-21,32-33H2,(H,34,38)(H,35,39)(H,36,37). The summed E-state index contributed by atoms with van der Waals surface area (Å²) in [6.07, 6.45) is -1.29. The molecule has 0 heterocycles. The summed E-state index contributed by atoms with van der Waals surface area (Å²) in [5.41, 5.74) is 15.5. The molecule has 210 valence electrons. The number of nitrogens with one attached hydrogen (secondary N) is 2. The molecule has 10 nitrogen and oxygen atoms in total. The Hall–Kier alpha value is -5.29. The number of carbonyl (C=O) groups excluding carboxylic acids is 2. The average Bonchev–Trinajstić information content (AvgIpc) is 2.99. The van der Waals surface area contributed by atoms with Gasteiger partial charge < -0.3 is 36.7 Å². The van der Waals surface area contributed by atoms with Gasteiger partial charge in [0.2, 0.25) is 0 Å². The second-order valence-electron chi connectivity index (χ2n) is 8.58. The molecule has 41 heavy (non-hydrogen) atoms. The number of hydrogen-bond acceptors (Lipinski definition) is 7. The fraction of sp³-hybridized carbons (Fsp3) is 0.194. The topological polar surface area (TPSA) is 166 Å². The summed E-state index contributed by atoms with van der Waals surface area (Å²) in [6, 6.07) is 19.5. The minimum atomic E-state index is -1.19. The molecule has 0 spiro atoms. The largest absolute Gasteiger partial charge is 0.478 e. The second-order valence-corrected chi connectivity index (χ2v) is 8.58. The first-order valence-electron chi connectivity index (χ1n) is 12.6. The van der Waals surface area contributed by atoms with Gasteiger partial charge in [0.25, 0.3) is 0 Å². The van der Waals surface area contributed by atoms with E-state index in [0.717, 1.165) is 22.3 Å². The van der Waals surface area contributed by atoms with Crippen LogP contribution in [-0.2, 0) is 35.7 Å². The van der Waals surface area contributed by atoms with Crippen molar-refractivity contribution in [3.05, 3.63) is 106 Å². The molecule has 0 saturated heterocycles. The Balaban J connectivity index is 1.46. The molecule has 0 aliphatic rings. The molecule has 3 aromatic rings. The van der Waals surface area contributed by atoms with Gasteiger partial charge in [-0.25, -0.2) is 14.4 Å². The lowest BCUT2D eigenvalue weighted by Crippen LogP contribution is -2.24. The summed E-state index contributed by atoms with van der Waals surface area (Å²) in [5, 5.41) is 14.8. The fourth-order valence-electron chi connectivity index (χ4n) is 3.56. The third-order valence-electron chi connectivity index (χ3n) is 5.58. The maximum Gasteiger partial charge on any atom is 0.408 e. The zero-order valence-electron chi connectivity index (χ0n) is 22.2. The van der Waals surface area contributed by atoms with E-state index in [-0.39, 0.29) is 37.4 Å². The average molecular weight is 555 g/mol. The predicted octanol–water partition coefficient (Wildman–Crippen LogP) is 2.86. The molecule has 0 fully saturated rings. The van der Waals surface area contributed by atoms with Gasteiger partial charge in [-0.3, -0.25) is 0 Å². The number of rotatable bonds is 9. The van der Waals surface area contributed by atoms with Crippen molar-refractivity contribution >= 4 is 18.2 Å². The molecule has 0 aromatic heterocycles. The number of hydrogen-bond donors (Lipinski definition) is 5. The summed E-state index contributed by atoms with van der Waals surface area (Å²) in [4.78, 5) is 35.5. The van der Waals surface area contributed by atoms with E-state index >= 15 is 0 Å². The van der Waals surface area contributed by atoms with E-state index in [4.69, 9.17) is 20.9 Å². The van der Waals surface area contributed by atoms with Crippen molar-refractivity contribution in [1.82, 2.24) is 10.6 Å². The Labute approximate surface area is 238 Å². The van der Waals surface area contributed by atoms with Gasteiger partial charge in [0.15, 0.2) is 13.2 Å². The smallest absolute Gasteiger partial charge is 0.408 e. The number of benzene rings is 3. The van der Waals surface area contributed by atoms with Crippen LogP contribution in [0.4, 0.5) is 9.59 Å². The lowest BCUT2D eigenvalue weighted by Gasteiger charge is -2.06. The molecular weight excluding hydrogens is 524 g/mol. The monoisotopic (exact) mass is 554 g/mol. The Morgan fingerprint density at radius 2 is 1.22 bits per heavy atom. The van der Waals surface area contributed by atoms with Crippen molar-refractivity contribution in [2.75, 3.05) is 13.2 Å². The molecule has 10 heteroatoms. The van der Waals surface area contributed by atoms with Gasteiger partial charge in [-0.15, -0.1) is 0 Å². The highest BCUT2D eigenvalue weighted by Gasteiger charge is 2.09. The summed E-state index contributed by atoms with van der Waals surface area (Å²) >= 11 is 0. The van der Waals surface area contributed by atoms with Crippen LogP contribution >= 0.6 is 0 Å². The maximum atomic E-state index is 11.9. The molecule has 0 bridgehead atoms. The van der Waals surface area contributed by atoms with Gasteiger partial charge in [0, 0.05) is 37.3 Å². The van der Waals surface area contributed by atoms with E-state index < -0.39 is 18.2 Å². The number of aromatic carboxylic acids is 1. The van der Waals surface area contributed by atoms with Gasteiger partial charge in [-0.2, -0.15) is 0 Å². The number of carbonyl (C=O) groups is 3. The third-order valence-corrected chi connectivity index (χ3v) is 5.58. The minimum absolute atomic E-state index is 0.0630. The summed E-state index contributed by atoms with van der Waals surface area (Å²) in [7, 11) is 0. The molecule has 3 aromatic carbocycles. The number of carboxylic acid groups (broad SMARTS) is 1. The lowest BCUT2D eigenvalue weighted by molar-refractivity contribution is 0.0696. The van der Waals surface area contributed by atoms with Crippen molar-refractivity contribution in [3.8, 4) is 23.7 Å². The zero-order valence-corrected chi connectivity index (χ0v) is 22.2. The molecule has 0 aliphatic carbocycles. The van der Waals surface area contributed by atoms with E-state index in [1.54, 1.807) is 6.07 Å². The van der Waals surface area contributed by atoms with Crippen LogP contribution in [0.3, 0.4) is 0 Å². The molecule has 2 amide bonds. The van der Waals surface area contributed by atoms with Gasteiger partial charge in [0.05, 0.1) is 5.56 Å². The van der Waals surface area contributed by atoms with E-state index in [1.165, 1.54) is 12.1 Å². The third kappa shape index (κ3) is 10.4. The highest BCUT2D eigenvalue weighted by atomic mass is 16.6. The number of nitrogens with two attached hydrogens (primary N) is 2. The Morgan fingerprint density at radius 3 is 1.73 bits per heavy atom. The van der Waals surface area contributed by atoms with Gasteiger partial charge in [-0.1, -0.05) is 72.2 Å². The summed E-state index contributed by atoms with van der Waals surface area (Å²) < 4.78 is 10.1. The quantitative estimate of drug-likeness (QED) is 0.252. The Kier molecular flexibility index (Phi) is 11.8. The molecule has 0 saturated carbocycles. The molecule has 0 atom stereocenters. The minimum Gasteiger partial charge on any atom is -0.478 e. The van der Waals surface area contributed by atoms with Crippen LogP contribution in [0.15, 0.2) is 66.7 Å². The van der Waals surface area contributed by atoms with Crippen LogP contribution in [0.25, 0.3) is 0 Å². The molecule has 0 unspecified atom stereocenters. The molecular formula is C31H30N4O6. The van der Waals surface area contributed by atoms with Crippen molar-refractivity contribution in [3.63, 3.8) is 0 Å². The maximum absolute atomic E-state index is 11.9. The molecule has 0 radical (unpaired) electrons. The van der Waals surface area contributed by atoms with E-state index in [2.05, 4.69) is 34.3 Å². The van der Waals surface area contributed by atoms with Crippen LogP contribution in [-0.4, -0.2) is 36.5 Å².